The number of hydrogen-bond donors (Lipinski definition) is 1. The van der Waals surface area contributed by atoms with Gasteiger partial charge in [0.2, 0.25) is 5.78 Å². The van der Waals surface area contributed by atoms with Gasteiger partial charge >= 0.3 is 0 Å². The van der Waals surface area contributed by atoms with Gasteiger partial charge in [0.25, 0.3) is 0 Å². The molecule has 0 spiro atoms. The third-order valence-corrected chi connectivity index (χ3v) is 5.61. The van der Waals surface area contributed by atoms with Crippen molar-refractivity contribution in [2.45, 2.75) is 64.8 Å². The van der Waals surface area contributed by atoms with Crippen LogP contribution in [0.15, 0.2) is 24.3 Å². The molecule has 1 aromatic rings. The number of phenols is 1. The highest BCUT2D eigenvalue weighted by Crippen LogP contribution is 2.26. The Kier molecular flexibility index (Phi) is 7.72. The van der Waals surface area contributed by atoms with Gasteiger partial charge in [-0.2, -0.15) is 0 Å². The van der Waals surface area contributed by atoms with E-state index in [1.165, 1.54) is 5.56 Å². The lowest BCUT2D eigenvalue weighted by Crippen LogP contribution is -2.39. The second-order valence-corrected chi connectivity index (χ2v) is 8.15. The molecule has 5 nitrogen and oxygen atoms in total. The van der Waals surface area contributed by atoms with Gasteiger partial charge in [0, 0.05) is 11.8 Å². The highest BCUT2D eigenvalue weighted by atomic mass is 16.3. The maximum atomic E-state index is 12.6. The minimum atomic E-state index is -0.665. The van der Waals surface area contributed by atoms with E-state index in [1.807, 2.05) is 12.1 Å². The van der Waals surface area contributed by atoms with Crippen LogP contribution in [0.4, 0.5) is 0 Å². The minimum Gasteiger partial charge on any atom is -0.508 e. The molecule has 0 amide bonds. The van der Waals surface area contributed by atoms with Crippen molar-refractivity contribution in [3.8, 4) is 5.75 Å². The monoisotopic (exact) mass is 373 g/mol. The van der Waals surface area contributed by atoms with Crippen molar-refractivity contribution in [3.63, 3.8) is 0 Å². The lowest BCUT2D eigenvalue weighted by Gasteiger charge is -2.28. The van der Waals surface area contributed by atoms with Gasteiger partial charge in [-0.15, -0.1) is 0 Å². The number of hydrogen-bond acceptors (Lipinski definition) is 5. The first kappa shape index (κ1) is 21.3. The van der Waals surface area contributed by atoms with Gasteiger partial charge in [0.05, 0.1) is 6.04 Å². The second-order valence-electron chi connectivity index (χ2n) is 8.15. The number of aromatic hydroxyl groups is 1. The fraction of sp³-hybridized carbons (Fsp3) is 0.591. The van der Waals surface area contributed by atoms with E-state index in [2.05, 4.69) is 4.90 Å². The molecule has 0 bridgehead atoms. The molecule has 1 fully saturated rings. The molecule has 0 aliphatic carbocycles. The van der Waals surface area contributed by atoms with Crippen LogP contribution in [-0.2, 0) is 20.8 Å². The Morgan fingerprint density at radius 1 is 1.22 bits per heavy atom. The number of unbranched alkanes of at least 4 members (excludes halogenated alkanes) is 1. The minimum absolute atomic E-state index is 0.0409. The van der Waals surface area contributed by atoms with E-state index in [1.54, 1.807) is 26.0 Å². The molecule has 0 aromatic heterocycles. The Hall–Kier alpha value is -2.01. The zero-order valence-corrected chi connectivity index (χ0v) is 16.4. The molecule has 1 aliphatic rings. The number of phenolic OH excluding ortho intramolecular Hbond substituents is 1. The van der Waals surface area contributed by atoms with Crippen LogP contribution in [0.3, 0.4) is 0 Å². The van der Waals surface area contributed by atoms with Gasteiger partial charge < -0.3 is 5.11 Å². The lowest BCUT2D eigenvalue weighted by atomic mass is 9.85. The lowest BCUT2D eigenvalue weighted by molar-refractivity contribution is -0.136. The Bertz CT molecular complexity index is 651. The van der Waals surface area contributed by atoms with E-state index in [0.717, 1.165) is 38.6 Å². The van der Waals surface area contributed by atoms with Crippen LogP contribution in [0.2, 0.25) is 0 Å². The molecule has 148 valence electrons. The number of carbonyl (C=O) groups is 3. The molecule has 1 saturated heterocycles. The summed E-state index contributed by atoms with van der Waals surface area (Å²) in [4.78, 5) is 37.3. The molecular formula is C22H31NO4. The van der Waals surface area contributed by atoms with Crippen molar-refractivity contribution in [3.05, 3.63) is 29.8 Å². The van der Waals surface area contributed by atoms with Gasteiger partial charge in [-0.1, -0.05) is 26.0 Å². The number of nitrogens with zero attached hydrogens (tertiary/aromatic N) is 1. The normalized spacial score (nSPS) is 17.8. The van der Waals surface area contributed by atoms with E-state index in [9.17, 15) is 19.5 Å². The molecule has 0 radical (unpaired) electrons. The zero-order chi connectivity index (χ0) is 19.9. The number of benzene rings is 1. The highest BCUT2D eigenvalue weighted by molar-refractivity contribution is 6.27. The molecule has 5 heteroatoms. The predicted octanol–water partition coefficient (Wildman–Crippen LogP) is 3.32. The van der Waals surface area contributed by atoms with Crippen LogP contribution in [0.5, 0.6) is 5.75 Å². The Morgan fingerprint density at radius 3 is 2.59 bits per heavy atom. The number of Topliss-reactive ketones (excluding diaryl/α,β-unsaturated/α-hetero) is 2. The van der Waals surface area contributed by atoms with E-state index < -0.39 is 5.41 Å². The zero-order valence-electron chi connectivity index (χ0n) is 16.4. The number of likely N-dealkylation sites (tertiary alicyclic amines) is 1. The third kappa shape index (κ3) is 6.28. The molecule has 1 N–H and O–H groups in total. The molecule has 1 unspecified atom stereocenters. The molecule has 1 heterocycles. The van der Waals surface area contributed by atoms with Gasteiger partial charge in [-0.25, -0.2) is 0 Å². The van der Waals surface area contributed by atoms with Gasteiger partial charge in [0.1, 0.15) is 11.5 Å². The summed E-state index contributed by atoms with van der Waals surface area (Å²) in [5.74, 6) is 0.185. The first-order chi connectivity index (χ1) is 12.8. The van der Waals surface area contributed by atoms with Crippen molar-refractivity contribution in [1.82, 2.24) is 4.90 Å². The van der Waals surface area contributed by atoms with Crippen LogP contribution in [0, 0.1) is 5.41 Å². The van der Waals surface area contributed by atoms with Crippen molar-refractivity contribution in [2.24, 2.45) is 5.41 Å². The Labute approximate surface area is 161 Å². The third-order valence-electron chi connectivity index (χ3n) is 5.61. The van der Waals surface area contributed by atoms with Crippen molar-refractivity contribution in [2.75, 3.05) is 13.1 Å². The summed E-state index contributed by atoms with van der Waals surface area (Å²) >= 11 is 0. The number of aryl methyl sites for hydroxylation is 1. The standard InChI is InChI=1S/C22H31NO4/c1-22(2,21(27)16-24)13-15-23-14-5-7-19(23)20(26)8-4-3-6-17-9-11-18(25)12-10-17/h9-12,16,19,25H,3-8,13-15H2,1-2H3. The quantitative estimate of drug-likeness (QED) is 0.366. The summed E-state index contributed by atoms with van der Waals surface area (Å²) < 4.78 is 0. The summed E-state index contributed by atoms with van der Waals surface area (Å²) in [6, 6.07) is 7.17. The number of aldehydes is 1. The van der Waals surface area contributed by atoms with Crippen molar-refractivity contribution in [1.29, 1.82) is 0 Å². The van der Waals surface area contributed by atoms with Crippen molar-refractivity contribution < 1.29 is 19.5 Å². The Morgan fingerprint density at radius 2 is 1.93 bits per heavy atom. The molecule has 2 rings (SSSR count). The molecule has 27 heavy (non-hydrogen) atoms. The van der Waals surface area contributed by atoms with Gasteiger partial charge in [-0.3, -0.25) is 19.3 Å². The summed E-state index contributed by atoms with van der Waals surface area (Å²) in [7, 11) is 0. The fourth-order valence-corrected chi connectivity index (χ4v) is 3.62. The van der Waals surface area contributed by atoms with E-state index >= 15 is 0 Å². The Balaban J connectivity index is 1.75. The number of carbonyl (C=O) groups excluding carboxylic acids is 3. The molecule has 1 aromatic carbocycles. The van der Waals surface area contributed by atoms with E-state index in [-0.39, 0.29) is 23.4 Å². The van der Waals surface area contributed by atoms with Gasteiger partial charge in [-0.05, 0) is 69.3 Å². The summed E-state index contributed by atoms with van der Waals surface area (Å²) in [6.45, 7) is 5.14. The maximum absolute atomic E-state index is 12.6. The largest absolute Gasteiger partial charge is 0.508 e. The first-order valence-electron chi connectivity index (χ1n) is 9.88. The van der Waals surface area contributed by atoms with Gasteiger partial charge in [0.15, 0.2) is 6.29 Å². The molecule has 0 saturated carbocycles. The smallest absolute Gasteiger partial charge is 0.200 e. The predicted molar refractivity (Wildman–Crippen MR) is 105 cm³/mol. The first-order valence-corrected chi connectivity index (χ1v) is 9.88. The summed E-state index contributed by atoms with van der Waals surface area (Å²) in [6.07, 6.45) is 6.18. The van der Waals surface area contributed by atoms with Crippen molar-refractivity contribution >= 4 is 17.9 Å². The van der Waals surface area contributed by atoms with Crippen LogP contribution in [0.25, 0.3) is 0 Å². The average molecular weight is 373 g/mol. The second kappa shape index (κ2) is 9.79. The number of ketones is 2. The number of rotatable bonds is 11. The van der Waals surface area contributed by atoms with E-state index in [4.69, 9.17) is 0 Å². The topological polar surface area (TPSA) is 74.7 Å². The van der Waals surface area contributed by atoms with Crippen LogP contribution < -0.4 is 0 Å². The SMILES string of the molecule is CC(C)(CCN1CCCC1C(=O)CCCCc1ccc(O)cc1)C(=O)C=O. The van der Waals surface area contributed by atoms with Crippen LogP contribution >= 0.6 is 0 Å². The van der Waals surface area contributed by atoms with E-state index in [0.29, 0.717) is 25.7 Å². The highest BCUT2D eigenvalue weighted by Gasteiger charge is 2.33. The van der Waals surface area contributed by atoms with Crippen LogP contribution in [0.1, 0.15) is 57.9 Å². The fourth-order valence-electron chi connectivity index (χ4n) is 3.62. The molecular weight excluding hydrogens is 342 g/mol. The summed E-state index contributed by atoms with van der Waals surface area (Å²) in [5, 5.41) is 9.30. The van der Waals surface area contributed by atoms with Crippen LogP contribution in [-0.4, -0.2) is 47.0 Å². The average Bonchev–Trinajstić information content (AvgIpc) is 3.13. The maximum Gasteiger partial charge on any atom is 0.200 e. The summed E-state index contributed by atoms with van der Waals surface area (Å²) in [5.41, 5.74) is 0.507. The molecule has 1 atom stereocenters. The molecule has 1 aliphatic heterocycles.